The van der Waals surface area contributed by atoms with Gasteiger partial charge in [-0.15, -0.1) is 0 Å². The van der Waals surface area contributed by atoms with Crippen LogP contribution in [0.15, 0.2) is 23.3 Å². The highest BCUT2D eigenvalue weighted by atomic mass is 16.5. The molecule has 0 spiro atoms. The van der Waals surface area contributed by atoms with Crippen molar-refractivity contribution in [3.8, 4) is 5.88 Å². The molecule has 2 heterocycles. The third kappa shape index (κ3) is 7.96. The molecular formula is C24H40N4O3. The Bertz CT molecular complexity index is 677. The number of nitrogens with zero attached hydrogens (tertiary/aromatic N) is 3. The van der Waals surface area contributed by atoms with Crippen LogP contribution in [-0.2, 0) is 16.0 Å². The van der Waals surface area contributed by atoms with E-state index in [-0.39, 0.29) is 0 Å². The van der Waals surface area contributed by atoms with Gasteiger partial charge in [-0.1, -0.05) is 6.92 Å². The number of hydrogen-bond donors (Lipinski definition) is 1. The maximum absolute atomic E-state index is 6.16. The zero-order valence-electron chi connectivity index (χ0n) is 19.5. The van der Waals surface area contributed by atoms with E-state index in [1.807, 2.05) is 18.3 Å². The number of guanidine groups is 1. The summed E-state index contributed by atoms with van der Waals surface area (Å²) in [7, 11) is 1.70. The fourth-order valence-corrected chi connectivity index (χ4v) is 4.28. The third-order valence-corrected chi connectivity index (χ3v) is 6.17. The summed E-state index contributed by atoms with van der Waals surface area (Å²) in [6, 6.07) is 4.07. The van der Waals surface area contributed by atoms with E-state index in [4.69, 9.17) is 19.2 Å². The number of rotatable bonds is 10. The van der Waals surface area contributed by atoms with Crippen molar-refractivity contribution in [3.63, 3.8) is 0 Å². The molecule has 0 bridgehead atoms. The van der Waals surface area contributed by atoms with Crippen LogP contribution in [0.3, 0.4) is 0 Å². The van der Waals surface area contributed by atoms with Crippen molar-refractivity contribution in [1.82, 2.24) is 15.2 Å². The van der Waals surface area contributed by atoms with Gasteiger partial charge in [0.1, 0.15) is 6.10 Å². The summed E-state index contributed by atoms with van der Waals surface area (Å²) in [5.74, 6) is 3.06. The number of methoxy groups -OCH3 is 1. The third-order valence-electron chi connectivity index (χ3n) is 6.17. The van der Waals surface area contributed by atoms with E-state index >= 15 is 0 Å². The first-order valence-electron chi connectivity index (χ1n) is 11.9. The van der Waals surface area contributed by atoms with Gasteiger partial charge in [0.15, 0.2) is 5.96 Å². The number of ether oxygens (including phenoxy) is 3. The zero-order chi connectivity index (χ0) is 21.9. The Kier molecular flexibility index (Phi) is 9.87. The minimum Gasteiger partial charge on any atom is -0.474 e. The second kappa shape index (κ2) is 12.9. The normalized spacial score (nSPS) is 24.4. The zero-order valence-corrected chi connectivity index (χ0v) is 19.5. The average molecular weight is 433 g/mol. The van der Waals surface area contributed by atoms with Gasteiger partial charge < -0.3 is 24.4 Å². The van der Waals surface area contributed by atoms with E-state index in [2.05, 4.69) is 29.0 Å². The topological polar surface area (TPSA) is 68.2 Å². The Balaban J connectivity index is 1.52. The van der Waals surface area contributed by atoms with Crippen LogP contribution in [0.4, 0.5) is 0 Å². The van der Waals surface area contributed by atoms with Crippen LogP contribution < -0.4 is 10.1 Å². The Morgan fingerprint density at radius 2 is 2.06 bits per heavy atom. The van der Waals surface area contributed by atoms with Crippen molar-refractivity contribution in [2.45, 2.75) is 58.6 Å². The van der Waals surface area contributed by atoms with Crippen LogP contribution in [-0.4, -0.2) is 68.5 Å². The van der Waals surface area contributed by atoms with Crippen LogP contribution in [0.1, 0.15) is 51.5 Å². The quantitative estimate of drug-likeness (QED) is 0.347. The maximum Gasteiger partial charge on any atom is 0.213 e. The Labute approximate surface area is 187 Å². The Morgan fingerprint density at radius 1 is 1.23 bits per heavy atom. The van der Waals surface area contributed by atoms with Gasteiger partial charge in [-0.2, -0.15) is 0 Å². The first-order valence-corrected chi connectivity index (χ1v) is 11.9. The Morgan fingerprint density at radius 3 is 2.84 bits per heavy atom. The van der Waals surface area contributed by atoms with Crippen molar-refractivity contribution >= 4 is 5.96 Å². The van der Waals surface area contributed by atoms with E-state index in [1.54, 1.807) is 7.11 Å². The monoisotopic (exact) mass is 432 g/mol. The van der Waals surface area contributed by atoms with Gasteiger partial charge in [-0.25, -0.2) is 9.98 Å². The van der Waals surface area contributed by atoms with Crippen LogP contribution in [0.25, 0.3) is 0 Å². The molecule has 1 saturated heterocycles. The fraction of sp³-hybridized carbons (Fsp3) is 0.750. The summed E-state index contributed by atoms with van der Waals surface area (Å²) in [6.45, 7) is 9.99. The standard InChI is InChI=1S/C24H40N4O3/c1-4-25-24(28-12-10-21(17-28)18-30-14-13-29-3)27-16-20-9-11-26-23(15-20)31-22-7-5-19(2)6-8-22/h9,11,15,19,21-22H,4-8,10,12-14,16-18H2,1-3H3,(H,25,27). The molecule has 1 aliphatic carbocycles. The first-order chi connectivity index (χ1) is 15.2. The van der Waals surface area contributed by atoms with E-state index in [1.165, 1.54) is 12.8 Å². The van der Waals surface area contributed by atoms with Gasteiger partial charge in [0.05, 0.1) is 26.4 Å². The fourth-order valence-electron chi connectivity index (χ4n) is 4.28. The maximum atomic E-state index is 6.16. The molecule has 1 aliphatic heterocycles. The molecular weight excluding hydrogens is 392 g/mol. The summed E-state index contributed by atoms with van der Waals surface area (Å²) in [4.78, 5) is 11.7. The molecule has 0 radical (unpaired) electrons. The number of aliphatic imine (C=N–C) groups is 1. The summed E-state index contributed by atoms with van der Waals surface area (Å²) in [6.07, 6.45) is 8.01. The molecule has 2 aliphatic rings. The van der Waals surface area contributed by atoms with Crippen LogP contribution >= 0.6 is 0 Å². The molecule has 0 aromatic carbocycles. The molecule has 7 heteroatoms. The molecule has 1 atom stereocenters. The predicted octanol–water partition coefficient (Wildman–Crippen LogP) is 3.49. The lowest BCUT2D eigenvalue weighted by molar-refractivity contribution is 0.0536. The van der Waals surface area contributed by atoms with E-state index in [9.17, 15) is 0 Å². The molecule has 174 valence electrons. The summed E-state index contributed by atoms with van der Waals surface area (Å²) in [5.41, 5.74) is 1.13. The lowest BCUT2D eigenvalue weighted by atomic mass is 9.89. The predicted molar refractivity (Wildman–Crippen MR) is 123 cm³/mol. The second-order valence-electron chi connectivity index (χ2n) is 8.84. The second-order valence-corrected chi connectivity index (χ2v) is 8.84. The van der Waals surface area contributed by atoms with Crippen molar-refractivity contribution in [3.05, 3.63) is 23.9 Å². The largest absolute Gasteiger partial charge is 0.474 e. The van der Waals surface area contributed by atoms with Gasteiger partial charge in [0.25, 0.3) is 0 Å². The molecule has 2 fully saturated rings. The minimum absolute atomic E-state index is 0.299. The van der Waals surface area contributed by atoms with Crippen LogP contribution in [0.2, 0.25) is 0 Å². The van der Waals surface area contributed by atoms with Crippen LogP contribution in [0.5, 0.6) is 5.88 Å². The lowest BCUT2D eigenvalue weighted by Crippen LogP contribution is -2.40. The Hall–Kier alpha value is -1.86. The van der Waals surface area contributed by atoms with Gasteiger partial charge >= 0.3 is 0 Å². The van der Waals surface area contributed by atoms with Gasteiger partial charge in [0.2, 0.25) is 5.88 Å². The molecule has 1 aromatic rings. The van der Waals surface area contributed by atoms with E-state index < -0.39 is 0 Å². The van der Waals surface area contributed by atoms with Gasteiger partial charge in [-0.3, -0.25) is 0 Å². The van der Waals surface area contributed by atoms with E-state index in [0.29, 0.717) is 31.8 Å². The number of nitrogens with one attached hydrogen (secondary N) is 1. The summed E-state index contributed by atoms with van der Waals surface area (Å²) < 4.78 is 16.9. The highest BCUT2D eigenvalue weighted by Gasteiger charge is 2.25. The number of likely N-dealkylation sites (tertiary alicyclic amines) is 1. The highest BCUT2D eigenvalue weighted by Crippen LogP contribution is 2.26. The van der Waals surface area contributed by atoms with Crippen molar-refractivity contribution in [1.29, 1.82) is 0 Å². The number of hydrogen-bond acceptors (Lipinski definition) is 5. The molecule has 7 nitrogen and oxygen atoms in total. The highest BCUT2D eigenvalue weighted by molar-refractivity contribution is 5.80. The lowest BCUT2D eigenvalue weighted by Gasteiger charge is -2.26. The summed E-state index contributed by atoms with van der Waals surface area (Å²) >= 11 is 0. The molecule has 3 rings (SSSR count). The number of aromatic nitrogens is 1. The minimum atomic E-state index is 0.299. The van der Waals surface area contributed by atoms with Gasteiger partial charge in [-0.05, 0) is 56.6 Å². The van der Waals surface area contributed by atoms with E-state index in [0.717, 1.165) is 68.8 Å². The molecule has 1 unspecified atom stereocenters. The van der Waals surface area contributed by atoms with Crippen molar-refractivity contribution in [2.75, 3.05) is 46.6 Å². The molecule has 1 aromatic heterocycles. The SMILES string of the molecule is CCNC(=NCc1ccnc(OC2CCC(C)CC2)c1)N1CCC(COCCOC)C1. The van der Waals surface area contributed by atoms with Crippen molar-refractivity contribution < 1.29 is 14.2 Å². The van der Waals surface area contributed by atoms with Crippen LogP contribution in [0, 0.1) is 11.8 Å². The van der Waals surface area contributed by atoms with Crippen molar-refractivity contribution in [2.24, 2.45) is 16.8 Å². The smallest absolute Gasteiger partial charge is 0.213 e. The molecule has 1 N–H and O–H groups in total. The molecule has 0 amide bonds. The molecule has 1 saturated carbocycles. The van der Waals surface area contributed by atoms with Gasteiger partial charge in [0, 0.05) is 44.9 Å². The number of pyridine rings is 1. The summed E-state index contributed by atoms with van der Waals surface area (Å²) in [5, 5.41) is 3.44. The average Bonchev–Trinajstić information content (AvgIpc) is 3.25. The first kappa shape index (κ1) is 23.8. The molecule has 31 heavy (non-hydrogen) atoms.